The van der Waals surface area contributed by atoms with Crippen molar-refractivity contribution in [3.8, 4) is 41.8 Å². The van der Waals surface area contributed by atoms with Crippen LogP contribution in [0.25, 0.3) is 63.7 Å². The van der Waals surface area contributed by atoms with Crippen LogP contribution in [0.5, 0.6) is 0 Å². The van der Waals surface area contributed by atoms with Gasteiger partial charge in [0.2, 0.25) is 0 Å². The average molecular weight is 541 g/mol. The molecule has 7 rings (SSSR count). The first-order valence-corrected chi connectivity index (χ1v) is 14.9. The highest BCUT2D eigenvalue weighted by Gasteiger charge is 2.14. The van der Waals surface area contributed by atoms with E-state index in [0.29, 0.717) is 0 Å². The Bertz CT molecular complexity index is 1870. The zero-order valence-corrected chi connectivity index (χ0v) is 24.1. The van der Waals surface area contributed by atoms with Gasteiger partial charge in [0.05, 0.1) is 0 Å². The number of fused-ring (bicyclic) bond motifs is 3. The fourth-order valence-electron chi connectivity index (χ4n) is 5.54. The monoisotopic (exact) mass is 540 g/mol. The molecule has 0 bridgehead atoms. The summed E-state index contributed by atoms with van der Waals surface area (Å²) in [6.07, 6.45) is 0. The third kappa shape index (κ3) is 4.32. The molecule has 0 aliphatic rings. The second kappa shape index (κ2) is 9.37. The molecule has 0 N–H and O–H groups in total. The Balaban J connectivity index is 1.27. The molecule has 190 valence electrons. The maximum absolute atomic E-state index is 6.24. The fraction of sp³-hybridized carbons (Fsp3) is 0.111. The van der Waals surface area contributed by atoms with Crippen molar-refractivity contribution in [1.82, 2.24) is 0 Å². The zero-order valence-electron chi connectivity index (χ0n) is 22.5. The van der Waals surface area contributed by atoms with Gasteiger partial charge in [-0.05, 0) is 122 Å². The van der Waals surface area contributed by atoms with E-state index in [1.807, 2.05) is 22.7 Å². The maximum Gasteiger partial charge on any atom is 0.135 e. The van der Waals surface area contributed by atoms with Gasteiger partial charge in [-0.2, -0.15) is 0 Å². The SMILES string of the molecule is Cc1ccc(-c2ccc(-c3ccc4oc5ccc(-c6ccc(-c7ccc(C)cc7C)s6)cc5c4c3)s2)c(C)c1. The van der Waals surface area contributed by atoms with Crippen molar-refractivity contribution in [2.75, 3.05) is 0 Å². The number of benzene rings is 4. The second-order valence-corrected chi connectivity index (χ2v) is 12.7. The molecule has 4 aromatic carbocycles. The minimum atomic E-state index is 0.930. The van der Waals surface area contributed by atoms with Crippen LogP contribution < -0.4 is 0 Å². The molecule has 3 aromatic heterocycles. The Morgan fingerprint density at radius 3 is 1.31 bits per heavy atom. The van der Waals surface area contributed by atoms with E-state index in [-0.39, 0.29) is 0 Å². The van der Waals surface area contributed by atoms with Gasteiger partial charge in [-0.3, -0.25) is 0 Å². The molecule has 7 aromatic rings. The van der Waals surface area contributed by atoms with Crippen LogP contribution in [0.3, 0.4) is 0 Å². The van der Waals surface area contributed by atoms with Crippen LogP contribution in [0, 0.1) is 27.7 Å². The first-order valence-electron chi connectivity index (χ1n) is 13.2. The minimum Gasteiger partial charge on any atom is -0.456 e. The smallest absolute Gasteiger partial charge is 0.135 e. The van der Waals surface area contributed by atoms with Crippen LogP contribution >= 0.6 is 22.7 Å². The molecule has 1 nitrogen and oxygen atoms in total. The number of rotatable bonds is 4. The Labute approximate surface area is 237 Å². The van der Waals surface area contributed by atoms with Crippen molar-refractivity contribution < 1.29 is 4.42 Å². The zero-order chi connectivity index (χ0) is 26.7. The van der Waals surface area contributed by atoms with Crippen LogP contribution in [0.4, 0.5) is 0 Å². The lowest BCUT2D eigenvalue weighted by atomic mass is 10.0. The molecule has 0 radical (unpaired) electrons. The fourth-order valence-corrected chi connectivity index (χ4v) is 7.73. The van der Waals surface area contributed by atoms with Crippen molar-refractivity contribution in [3.63, 3.8) is 0 Å². The molecular formula is C36H28OS2. The molecule has 3 heteroatoms. The van der Waals surface area contributed by atoms with Crippen LogP contribution in [0.15, 0.2) is 101 Å². The summed E-state index contributed by atoms with van der Waals surface area (Å²) in [4.78, 5) is 5.15. The Morgan fingerprint density at radius 2 is 0.872 bits per heavy atom. The van der Waals surface area contributed by atoms with Crippen molar-refractivity contribution >= 4 is 44.6 Å². The van der Waals surface area contributed by atoms with Crippen molar-refractivity contribution in [3.05, 3.63) is 119 Å². The van der Waals surface area contributed by atoms with Crippen molar-refractivity contribution in [2.45, 2.75) is 27.7 Å². The van der Waals surface area contributed by atoms with Gasteiger partial charge in [0.1, 0.15) is 11.2 Å². The predicted molar refractivity (Wildman–Crippen MR) is 170 cm³/mol. The number of furan rings is 1. The molecular weight excluding hydrogens is 513 g/mol. The van der Waals surface area contributed by atoms with Crippen molar-refractivity contribution in [2.24, 2.45) is 0 Å². The summed E-state index contributed by atoms with van der Waals surface area (Å²) in [5.41, 5.74) is 12.2. The molecule has 0 saturated heterocycles. The van der Waals surface area contributed by atoms with E-state index in [2.05, 4.69) is 125 Å². The first kappa shape index (κ1) is 24.1. The van der Waals surface area contributed by atoms with Gasteiger partial charge in [-0.1, -0.05) is 47.5 Å². The van der Waals surface area contributed by atoms with Gasteiger partial charge < -0.3 is 4.42 Å². The molecule has 0 aliphatic carbocycles. The topological polar surface area (TPSA) is 13.1 Å². The summed E-state index contributed by atoms with van der Waals surface area (Å²) >= 11 is 3.70. The highest BCUT2D eigenvalue weighted by atomic mass is 32.1. The average Bonchev–Trinajstić information content (AvgIpc) is 3.67. The number of aryl methyl sites for hydroxylation is 4. The summed E-state index contributed by atoms with van der Waals surface area (Å²) in [6.45, 7) is 8.69. The third-order valence-electron chi connectivity index (χ3n) is 7.54. The molecule has 0 unspecified atom stereocenters. The molecule has 3 heterocycles. The van der Waals surface area contributed by atoms with Crippen LogP contribution in [-0.4, -0.2) is 0 Å². The summed E-state index contributed by atoms with van der Waals surface area (Å²) in [5, 5.41) is 2.33. The third-order valence-corrected chi connectivity index (χ3v) is 9.88. The van der Waals surface area contributed by atoms with Gasteiger partial charge >= 0.3 is 0 Å². The summed E-state index contributed by atoms with van der Waals surface area (Å²) in [7, 11) is 0. The molecule has 0 atom stereocenters. The van der Waals surface area contributed by atoms with E-state index in [9.17, 15) is 0 Å². The molecule has 0 fully saturated rings. The minimum absolute atomic E-state index is 0.930. The van der Waals surface area contributed by atoms with Gasteiger partial charge in [-0.15, -0.1) is 22.7 Å². The Kier molecular flexibility index (Phi) is 5.80. The van der Waals surface area contributed by atoms with Crippen molar-refractivity contribution in [1.29, 1.82) is 0 Å². The Morgan fingerprint density at radius 1 is 0.436 bits per heavy atom. The summed E-state index contributed by atoms with van der Waals surface area (Å²) < 4.78 is 6.24. The van der Waals surface area contributed by atoms with Crippen LogP contribution in [0.2, 0.25) is 0 Å². The number of hydrogen-bond acceptors (Lipinski definition) is 3. The first-order chi connectivity index (χ1) is 18.9. The van der Waals surface area contributed by atoms with E-state index >= 15 is 0 Å². The predicted octanol–water partition coefficient (Wildman–Crippen LogP) is 11.6. The highest BCUT2D eigenvalue weighted by Crippen LogP contribution is 2.41. The molecule has 0 spiro atoms. The number of thiophene rings is 2. The lowest BCUT2D eigenvalue weighted by Gasteiger charge is -2.04. The molecule has 39 heavy (non-hydrogen) atoms. The van der Waals surface area contributed by atoms with Gasteiger partial charge in [-0.25, -0.2) is 0 Å². The maximum atomic E-state index is 6.24. The number of hydrogen-bond donors (Lipinski definition) is 0. The van der Waals surface area contributed by atoms with E-state index in [1.165, 1.54) is 64.0 Å². The molecule has 0 saturated carbocycles. The van der Waals surface area contributed by atoms with Gasteiger partial charge in [0, 0.05) is 30.3 Å². The Hall–Kier alpha value is -3.92. The largest absolute Gasteiger partial charge is 0.456 e. The normalized spacial score (nSPS) is 11.6. The summed E-state index contributed by atoms with van der Waals surface area (Å²) in [5.74, 6) is 0. The van der Waals surface area contributed by atoms with Crippen LogP contribution in [-0.2, 0) is 0 Å². The van der Waals surface area contributed by atoms with Gasteiger partial charge in [0.25, 0.3) is 0 Å². The lowest BCUT2D eigenvalue weighted by Crippen LogP contribution is -1.81. The van der Waals surface area contributed by atoms with E-state index in [1.54, 1.807) is 0 Å². The van der Waals surface area contributed by atoms with Gasteiger partial charge in [0.15, 0.2) is 0 Å². The lowest BCUT2D eigenvalue weighted by molar-refractivity contribution is 0.669. The van der Waals surface area contributed by atoms with E-state index in [0.717, 1.165) is 21.9 Å². The van der Waals surface area contributed by atoms with Crippen LogP contribution in [0.1, 0.15) is 22.3 Å². The highest BCUT2D eigenvalue weighted by molar-refractivity contribution is 7.19. The standard InChI is InChI=1S/C36H28OS2/c1-21-5-9-27(23(3)17-21)35-15-13-33(38-35)25-7-11-31-29(19-25)30-20-26(8-12-32(30)37-31)34-14-16-36(39-34)28-10-6-22(2)18-24(28)4/h5-20H,1-4H3. The second-order valence-electron chi connectivity index (χ2n) is 10.5. The quantitative estimate of drug-likeness (QED) is 0.216. The van der Waals surface area contributed by atoms with E-state index < -0.39 is 0 Å². The van der Waals surface area contributed by atoms with E-state index in [4.69, 9.17) is 4.42 Å². The summed E-state index contributed by atoms with van der Waals surface area (Å²) in [6, 6.07) is 35.5. The molecule has 0 aliphatic heterocycles. The molecule has 0 amide bonds.